The number of carbonyl (C=O) groups is 1. The third-order valence-corrected chi connectivity index (χ3v) is 4.87. The molecule has 0 bridgehead atoms. The highest BCUT2D eigenvalue weighted by Gasteiger charge is 2.15. The summed E-state index contributed by atoms with van der Waals surface area (Å²) in [6, 6.07) is 15.9. The zero-order valence-corrected chi connectivity index (χ0v) is 15.3. The number of ether oxygens (including phenoxy) is 1. The predicted octanol–water partition coefficient (Wildman–Crippen LogP) is 3.56. The Morgan fingerprint density at radius 2 is 1.79 bits per heavy atom. The lowest BCUT2D eigenvalue weighted by atomic mass is 10.1. The van der Waals surface area contributed by atoms with Gasteiger partial charge in [-0.05, 0) is 45.8 Å². The molecule has 0 unspecified atom stereocenters. The van der Waals surface area contributed by atoms with Gasteiger partial charge in [-0.25, -0.2) is 0 Å². The van der Waals surface area contributed by atoms with E-state index >= 15 is 0 Å². The molecule has 2 aromatic rings. The number of carbonyl (C=O) groups excluding carboxylic acids is 1. The highest BCUT2D eigenvalue weighted by atomic mass is 79.9. The summed E-state index contributed by atoms with van der Waals surface area (Å²) in [6.07, 6.45) is 0. The van der Waals surface area contributed by atoms with Crippen LogP contribution in [0, 0.1) is 0 Å². The smallest absolute Gasteiger partial charge is 0.255 e. The highest BCUT2D eigenvalue weighted by Crippen LogP contribution is 2.20. The lowest BCUT2D eigenvalue weighted by Crippen LogP contribution is -2.36. The molecular weight excluding hydrogens is 368 g/mol. The fraction of sp³-hybridized carbons (Fsp3) is 0.316. The maximum atomic E-state index is 12.6. The minimum atomic E-state index is 0.0136. The van der Waals surface area contributed by atoms with Gasteiger partial charge in [-0.3, -0.25) is 4.79 Å². The van der Waals surface area contributed by atoms with Gasteiger partial charge in [-0.2, -0.15) is 0 Å². The fourth-order valence-corrected chi connectivity index (χ4v) is 3.27. The number of benzene rings is 2. The Morgan fingerprint density at radius 1 is 1.12 bits per heavy atom. The molecule has 0 saturated carbocycles. The molecule has 0 spiro atoms. The summed E-state index contributed by atoms with van der Waals surface area (Å²) >= 11 is 3.44. The van der Waals surface area contributed by atoms with E-state index < -0.39 is 0 Å². The monoisotopic (exact) mass is 388 g/mol. The van der Waals surface area contributed by atoms with E-state index in [4.69, 9.17) is 4.74 Å². The zero-order valence-electron chi connectivity index (χ0n) is 13.7. The lowest BCUT2D eigenvalue weighted by Gasteiger charge is -2.29. The largest absolute Gasteiger partial charge is 0.378 e. The molecule has 3 rings (SSSR count). The van der Waals surface area contributed by atoms with E-state index in [1.54, 1.807) is 4.90 Å². The van der Waals surface area contributed by atoms with E-state index in [9.17, 15) is 4.79 Å². The molecular formula is C19H21BrN2O2. The minimum Gasteiger partial charge on any atom is -0.378 e. The van der Waals surface area contributed by atoms with Gasteiger partial charge >= 0.3 is 0 Å². The molecule has 1 aliphatic heterocycles. The van der Waals surface area contributed by atoms with Gasteiger partial charge in [0.2, 0.25) is 0 Å². The molecule has 1 aliphatic rings. The molecule has 126 valence electrons. The number of rotatable bonds is 4. The summed E-state index contributed by atoms with van der Waals surface area (Å²) < 4.78 is 6.21. The van der Waals surface area contributed by atoms with Gasteiger partial charge in [0.05, 0.1) is 18.8 Å². The first-order valence-corrected chi connectivity index (χ1v) is 8.86. The van der Waals surface area contributed by atoms with Gasteiger partial charge in [-0.15, -0.1) is 0 Å². The Morgan fingerprint density at radius 3 is 2.46 bits per heavy atom. The summed E-state index contributed by atoms with van der Waals surface area (Å²) in [7, 11) is 1.83. The summed E-state index contributed by atoms with van der Waals surface area (Å²) in [5.41, 5.74) is 3.02. The van der Waals surface area contributed by atoms with Gasteiger partial charge in [0, 0.05) is 36.8 Å². The van der Waals surface area contributed by atoms with Crippen LogP contribution in [0.3, 0.4) is 0 Å². The second-order valence-corrected chi connectivity index (χ2v) is 6.76. The molecule has 1 heterocycles. The molecule has 5 heteroatoms. The van der Waals surface area contributed by atoms with E-state index in [1.165, 1.54) is 5.69 Å². The Balaban J connectivity index is 1.65. The second kappa shape index (κ2) is 7.81. The van der Waals surface area contributed by atoms with Gasteiger partial charge < -0.3 is 14.5 Å². The number of nitrogens with zero attached hydrogens (tertiary/aromatic N) is 2. The van der Waals surface area contributed by atoms with Crippen molar-refractivity contribution >= 4 is 27.5 Å². The Bertz CT molecular complexity index is 697. The molecule has 4 nitrogen and oxygen atoms in total. The first-order valence-electron chi connectivity index (χ1n) is 8.07. The van der Waals surface area contributed by atoms with Crippen molar-refractivity contribution in [3.63, 3.8) is 0 Å². The summed E-state index contributed by atoms with van der Waals surface area (Å²) in [5, 5.41) is 0. The van der Waals surface area contributed by atoms with Crippen molar-refractivity contribution < 1.29 is 9.53 Å². The van der Waals surface area contributed by atoms with Crippen LogP contribution in [0.1, 0.15) is 15.9 Å². The van der Waals surface area contributed by atoms with Crippen molar-refractivity contribution in [3.8, 4) is 0 Å². The minimum absolute atomic E-state index is 0.0136. The molecule has 0 aliphatic carbocycles. The topological polar surface area (TPSA) is 32.8 Å². The third kappa shape index (κ3) is 3.97. The first-order chi connectivity index (χ1) is 11.6. The molecule has 1 fully saturated rings. The van der Waals surface area contributed by atoms with Crippen LogP contribution in [-0.2, 0) is 11.3 Å². The Hall–Kier alpha value is -1.85. The van der Waals surface area contributed by atoms with E-state index in [0.29, 0.717) is 12.1 Å². The number of amides is 1. The fourth-order valence-electron chi connectivity index (χ4n) is 2.82. The van der Waals surface area contributed by atoms with E-state index in [1.807, 2.05) is 31.3 Å². The maximum Gasteiger partial charge on any atom is 0.255 e. The lowest BCUT2D eigenvalue weighted by molar-refractivity contribution is 0.0784. The van der Waals surface area contributed by atoms with Gasteiger partial charge in [-0.1, -0.05) is 24.3 Å². The quantitative estimate of drug-likeness (QED) is 0.802. The molecule has 2 aromatic carbocycles. The molecule has 0 N–H and O–H groups in total. The van der Waals surface area contributed by atoms with E-state index in [-0.39, 0.29) is 5.91 Å². The molecule has 24 heavy (non-hydrogen) atoms. The van der Waals surface area contributed by atoms with Crippen LogP contribution >= 0.6 is 15.9 Å². The molecule has 1 amide bonds. The number of halogens is 1. The van der Waals surface area contributed by atoms with Crippen molar-refractivity contribution in [2.45, 2.75) is 6.54 Å². The average Bonchev–Trinajstić information content (AvgIpc) is 2.63. The van der Waals surface area contributed by atoms with Crippen molar-refractivity contribution in [2.24, 2.45) is 0 Å². The summed E-state index contributed by atoms with van der Waals surface area (Å²) in [5.74, 6) is 0.0136. The maximum absolute atomic E-state index is 12.6. The zero-order chi connectivity index (χ0) is 16.9. The number of hydrogen-bond acceptors (Lipinski definition) is 3. The standard InChI is InChI=1S/C19H21BrN2O2/c1-21(19(23)17-4-2-3-5-18(17)20)14-15-6-8-16(9-7-15)22-10-12-24-13-11-22/h2-9H,10-14H2,1H3. The molecule has 0 aromatic heterocycles. The van der Waals surface area contributed by atoms with Crippen LogP contribution in [0.15, 0.2) is 53.0 Å². The van der Waals surface area contributed by atoms with Crippen molar-refractivity contribution in [1.82, 2.24) is 4.90 Å². The Kier molecular flexibility index (Phi) is 5.53. The van der Waals surface area contributed by atoms with E-state index in [2.05, 4.69) is 45.1 Å². The van der Waals surface area contributed by atoms with Gasteiger partial charge in [0.15, 0.2) is 0 Å². The number of anilines is 1. The molecule has 0 atom stereocenters. The van der Waals surface area contributed by atoms with E-state index in [0.717, 1.165) is 36.3 Å². The van der Waals surface area contributed by atoms with Crippen molar-refractivity contribution in [3.05, 3.63) is 64.1 Å². The van der Waals surface area contributed by atoms with Crippen LogP contribution in [0.25, 0.3) is 0 Å². The summed E-state index contributed by atoms with van der Waals surface area (Å²) in [4.78, 5) is 16.6. The van der Waals surface area contributed by atoms with Crippen LogP contribution < -0.4 is 4.90 Å². The number of morpholine rings is 1. The number of hydrogen-bond donors (Lipinski definition) is 0. The van der Waals surface area contributed by atoms with Crippen LogP contribution in [0.4, 0.5) is 5.69 Å². The third-order valence-electron chi connectivity index (χ3n) is 4.18. The highest BCUT2D eigenvalue weighted by molar-refractivity contribution is 9.10. The molecule has 0 radical (unpaired) electrons. The van der Waals surface area contributed by atoms with Crippen LogP contribution in [-0.4, -0.2) is 44.2 Å². The summed E-state index contributed by atoms with van der Waals surface area (Å²) in [6.45, 7) is 4.01. The molecule has 1 saturated heterocycles. The van der Waals surface area contributed by atoms with Gasteiger partial charge in [0.1, 0.15) is 0 Å². The van der Waals surface area contributed by atoms with Crippen molar-refractivity contribution in [2.75, 3.05) is 38.3 Å². The first kappa shape index (κ1) is 17.0. The van der Waals surface area contributed by atoms with Crippen LogP contribution in [0.2, 0.25) is 0 Å². The van der Waals surface area contributed by atoms with Gasteiger partial charge in [0.25, 0.3) is 5.91 Å². The SMILES string of the molecule is CN(Cc1ccc(N2CCOCC2)cc1)C(=O)c1ccccc1Br. The van der Waals surface area contributed by atoms with Crippen molar-refractivity contribution in [1.29, 1.82) is 0 Å². The normalized spacial score (nSPS) is 14.5. The second-order valence-electron chi connectivity index (χ2n) is 5.91. The predicted molar refractivity (Wildman–Crippen MR) is 99.4 cm³/mol. The average molecular weight is 389 g/mol. The Labute approximate surface area is 151 Å². The van der Waals surface area contributed by atoms with Crippen LogP contribution in [0.5, 0.6) is 0 Å².